The predicted molar refractivity (Wildman–Crippen MR) is 68.5 cm³/mol. The summed E-state index contributed by atoms with van der Waals surface area (Å²) < 4.78 is 4.13. The molecule has 2 aliphatic rings. The highest BCUT2D eigenvalue weighted by Gasteiger charge is 2.69. The number of ether oxygens (including phenoxy) is 1. The summed E-state index contributed by atoms with van der Waals surface area (Å²) in [6.45, 7) is 4.73. The molecule has 0 N–H and O–H groups in total. The van der Waals surface area contributed by atoms with Crippen molar-refractivity contribution in [3.05, 3.63) is 0 Å². The van der Waals surface area contributed by atoms with E-state index >= 15 is 0 Å². The standard InChI is InChI=1S/C12H17Cl2NO3/c1-8(9(16)15-5-3-4-6-15)18-10(17)11(2)7-12(11,13)14/h8H,3-7H2,1-2H3. The van der Waals surface area contributed by atoms with E-state index in [1.165, 1.54) is 0 Å². The number of rotatable bonds is 3. The Morgan fingerprint density at radius 1 is 1.28 bits per heavy atom. The molecule has 1 aliphatic heterocycles. The zero-order valence-electron chi connectivity index (χ0n) is 10.5. The Morgan fingerprint density at radius 2 is 1.78 bits per heavy atom. The molecule has 6 heteroatoms. The molecule has 1 saturated carbocycles. The van der Waals surface area contributed by atoms with Gasteiger partial charge in [0, 0.05) is 19.5 Å². The summed E-state index contributed by atoms with van der Waals surface area (Å²) in [5.41, 5.74) is -0.879. The van der Waals surface area contributed by atoms with Gasteiger partial charge in [-0.3, -0.25) is 9.59 Å². The molecule has 0 bridgehead atoms. The van der Waals surface area contributed by atoms with E-state index in [9.17, 15) is 9.59 Å². The van der Waals surface area contributed by atoms with Gasteiger partial charge in [-0.05, 0) is 26.7 Å². The van der Waals surface area contributed by atoms with Gasteiger partial charge in [0.15, 0.2) is 6.10 Å². The first kappa shape index (κ1) is 13.9. The number of hydrogen-bond donors (Lipinski definition) is 0. The highest BCUT2D eigenvalue weighted by molar-refractivity contribution is 6.53. The van der Waals surface area contributed by atoms with Gasteiger partial charge in [-0.25, -0.2) is 0 Å². The lowest BCUT2D eigenvalue weighted by atomic mass is 10.1. The highest BCUT2D eigenvalue weighted by Crippen LogP contribution is 2.64. The Labute approximate surface area is 117 Å². The van der Waals surface area contributed by atoms with Crippen LogP contribution in [-0.4, -0.2) is 40.3 Å². The first-order valence-electron chi connectivity index (χ1n) is 6.16. The molecule has 0 spiro atoms. The van der Waals surface area contributed by atoms with Crippen molar-refractivity contribution in [3.63, 3.8) is 0 Å². The zero-order valence-corrected chi connectivity index (χ0v) is 12.1. The van der Waals surface area contributed by atoms with Gasteiger partial charge in [0.2, 0.25) is 0 Å². The fourth-order valence-corrected chi connectivity index (χ4v) is 2.85. The van der Waals surface area contributed by atoms with Gasteiger partial charge in [-0.15, -0.1) is 23.2 Å². The third-order valence-electron chi connectivity index (χ3n) is 3.76. The average molecular weight is 294 g/mol. The summed E-state index contributed by atoms with van der Waals surface area (Å²) in [6.07, 6.45) is 1.62. The molecule has 2 rings (SSSR count). The van der Waals surface area contributed by atoms with Crippen LogP contribution < -0.4 is 0 Å². The molecule has 2 atom stereocenters. The van der Waals surface area contributed by atoms with Gasteiger partial charge >= 0.3 is 5.97 Å². The van der Waals surface area contributed by atoms with E-state index in [0.717, 1.165) is 25.9 Å². The number of nitrogens with zero attached hydrogens (tertiary/aromatic N) is 1. The van der Waals surface area contributed by atoms with Crippen molar-refractivity contribution in [2.75, 3.05) is 13.1 Å². The second-order valence-corrected chi connectivity index (χ2v) is 6.78. The molecule has 0 aromatic rings. The van der Waals surface area contributed by atoms with Crippen LogP contribution in [0.3, 0.4) is 0 Å². The number of likely N-dealkylation sites (tertiary alicyclic amines) is 1. The van der Waals surface area contributed by atoms with E-state index in [0.29, 0.717) is 6.42 Å². The fraction of sp³-hybridized carbons (Fsp3) is 0.833. The molecule has 1 saturated heterocycles. The predicted octanol–water partition coefficient (Wildman–Crippen LogP) is 2.12. The lowest BCUT2D eigenvalue weighted by Crippen LogP contribution is -2.39. The molecule has 18 heavy (non-hydrogen) atoms. The molecule has 1 amide bonds. The summed E-state index contributed by atoms with van der Waals surface area (Å²) in [7, 11) is 0. The second-order valence-electron chi connectivity index (χ2n) is 5.29. The van der Waals surface area contributed by atoms with E-state index in [1.807, 2.05) is 0 Å². The minimum absolute atomic E-state index is 0.139. The van der Waals surface area contributed by atoms with E-state index in [-0.39, 0.29) is 5.91 Å². The lowest BCUT2D eigenvalue weighted by molar-refractivity contribution is -0.162. The summed E-state index contributed by atoms with van der Waals surface area (Å²) in [4.78, 5) is 25.6. The number of halogens is 2. The Kier molecular flexibility index (Phi) is 3.54. The first-order chi connectivity index (χ1) is 8.28. The molecule has 1 heterocycles. The Bertz CT molecular complexity index is 380. The molecule has 0 aromatic heterocycles. The van der Waals surface area contributed by atoms with Gasteiger partial charge in [0.25, 0.3) is 5.91 Å². The van der Waals surface area contributed by atoms with Crippen molar-refractivity contribution in [1.29, 1.82) is 0 Å². The van der Waals surface area contributed by atoms with Crippen LogP contribution in [0.2, 0.25) is 0 Å². The summed E-state index contributed by atoms with van der Waals surface area (Å²) in [6, 6.07) is 0. The average Bonchev–Trinajstić information content (AvgIpc) is 2.74. The molecule has 1 aliphatic carbocycles. The van der Waals surface area contributed by atoms with Crippen molar-refractivity contribution in [3.8, 4) is 0 Å². The van der Waals surface area contributed by atoms with E-state index in [1.54, 1.807) is 18.7 Å². The van der Waals surface area contributed by atoms with Crippen molar-refractivity contribution in [1.82, 2.24) is 4.90 Å². The first-order valence-corrected chi connectivity index (χ1v) is 6.91. The van der Waals surface area contributed by atoms with Crippen LogP contribution in [-0.2, 0) is 14.3 Å². The zero-order chi connectivity index (χ0) is 13.6. The van der Waals surface area contributed by atoms with Gasteiger partial charge in [0.05, 0.1) is 0 Å². The maximum atomic E-state index is 12.0. The van der Waals surface area contributed by atoms with Crippen LogP contribution in [0, 0.1) is 5.41 Å². The number of amides is 1. The lowest BCUT2D eigenvalue weighted by Gasteiger charge is -2.22. The normalized spacial score (nSPS) is 31.0. The third-order valence-corrected chi connectivity index (χ3v) is 4.86. The highest BCUT2D eigenvalue weighted by atomic mass is 35.5. The number of alkyl halides is 2. The Hall–Kier alpha value is -0.480. The molecule has 0 radical (unpaired) electrons. The van der Waals surface area contributed by atoms with E-state index in [2.05, 4.69) is 0 Å². The third kappa shape index (κ3) is 2.32. The molecule has 4 nitrogen and oxygen atoms in total. The van der Waals surface area contributed by atoms with Crippen LogP contribution >= 0.6 is 23.2 Å². The Morgan fingerprint density at radius 3 is 2.22 bits per heavy atom. The quantitative estimate of drug-likeness (QED) is 0.591. The van der Waals surface area contributed by atoms with Gasteiger partial charge < -0.3 is 9.64 Å². The maximum Gasteiger partial charge on any atom is 0.315 e. The largest absolute Gasteiger partial charge is 0.452 e. The Balaban J connectivity index is 1.90. The second kappa shape index (κ2) is 4.57. The summed E-state index contributed by atoms with van der Waals surface area (Å²) in [5.74, 6) is -0.632. The molecular weight excluding hydrogens is 277 g/mol. The maximum absolute atomic E-state index is 12.0. The van der Waals surface area contributed by atoms with E-state index in [4.69, 9.17) is 27.9 Å². The minimum Gasteiger partial charge on any atom is -0.452 e. The smallest absolute Gasteiger partial charge is 0.315 e. The van der Waals surface area contributed by atoms with Gasteiger partial charge in [0.1, 0.15) is 9.75 Å². The van der Waals surface area contributed by atoms with Crippen molar-refractivity contribution in [2.24, 2.45) is 5.41 Å². The van der Waals surface area contributed by atoms with Crippen LogP contribution in [0.1, 0.15) is 33.1 Å². The van der Waals surface area contributed by atoms with Crippen LogP contribution in [0.5, 0.6) is 0 Å². The number of esters is 1. The van der Waals surface area contributed by atoms with Crippen molar-refractivity contribution < 1.29 is 14.3 Å². The fourth-order valence-electron chi connectivity index (χ4n) is 2.16. The topological polar surface area (TPSA) is 46.6 Å². The molecule has 0 aromatic carbocycles. The summed E-state index contributed by atoms with van der Waals surface area (Å²) >= 11 is 11.8. The van der Waals surface area contributed by atoms with Crippen LogP contribution in [0.15, 0.2) is 0 Å². The van der Waals surface area contributed by atoms with Gasteiger partial charge in [-0.1, -0.05) is 0 Å². The SMILES string of the molecule is CC(OC(=O)C1(C)CC1(Cl)Cl)C(=O)N1CCCC1. The minimum atomic E-state index is -1.06. The molecule has 2 unspecified atom stereocenters. The number of hydrogen-bond acceptors (Lipinski definition) is 3. The van der Waals surface area contributed by atoms with E-state index < -0.39 is 21.8 Å². The number of carbonyl (C=O) groups is 2. The van der Waals surface area contributed by atoms with Gasteiger partial charge in [-0.2, -0.15) is 0 Å². The van der Waals surface area contributed by atoms with Crippen molar-refractivity contribution in [2.45, 2.75) is 43.5 Å². The molecular formula is C12H17Cl2NO3. The summed E-state index contributed by atoms with van der Waals surface area (Å²) in [5, 5.41) is 0. The number of carbonyl (C=O) groups excluding carboxylic acids is 2. The molecule has 102 valence electrons. The molecule has 2 fully saturated rings. The van der Waals surface area contributed by atoms with Crippen molar-refractivity contribution >= 4 is 35.1 Å². The monoisotopic (exact) mass is 293 g/mol. The van der Waals surface area contributed by atoms with Crippen LogP contribution in [0.4, 0.5) is 0 Å². The van der Waals surface area contributed by atoms with Crippen LogP contribution in [0.25, 0.3) is 0 Å².